The Morgan fingerprint density at radius 1 is 1.16 bits per heavy atom. The number of hydrogen-bond acceptors (Lipinski definition) is 6. The van der Waals surface area contributed by atoms with Crippen LogP contribution in [0.25, 0.3) is 0 Å². The Bertz CT molecular complexity index is 1020. The van der Waals surface area contributed by atoms with Crippen molar-refractivity contribution in [3.05, 3.63) is 48.2 Å². The lowest BCUT2D eigenvalue weighted by Crippen LogP contribution is -2.45. The molecule has 1 N–H and O–H groups in total. The number of aromatic nitrogens is 2. The number of anilines is 1. The monoisotopic (exact) mass is 438 g/mol. The summed E-state index contributed by atoms with van der Waals surface area (Å²) in [4.78, 5) is 36.2. The van der Waals surface area contributed by atoms with E-state index in [9.17, 15) is 14.0 Å². The van der Waals surface area contributed by atoms with Crippen LogP contribution < -0.4 is 15.0 Å². The van der Waals surface area contributed by atoms with Gasteiger partial charge in [0.05, 0.1) is 0 Å². The molecule has 1 aromatic carbocycles. The van der Waals surface area contributed by atoms with E-state index in [1.165, 1.54) is 34.3 Å². The van der Waals surface area contributed by atoms with Gasteiger partial charge >= 0.3 is 6.03 Å². The second kappa shape index (κ2) is 9.60. The number of amides is 3. The van der Waals surface area contributed by atoms with E-state index >= 15 is 0 Å². The summed E-state index contributed by atoms with van der Waals surface area (Å²) in [5.74, 6) is -0.330. The molecule has 0 bridgehead atoms. The molecule has 166 valence electrons. The van der Waals surface area contributed by atoms with Gasteiger partial charge in [0, 0.05) is 37.2 Å². The molecule has 1 aromatic heterocycles. The van der Waals surface area contributed by atoms with Crippen molar-refractivity contribution in [1.29, 1.82) is 5.26 Å². The predicted octanol–water partition coefficient (Wildman–Crippen LogP) is 2.24. The summed E-state index contributed by atoms with van der Waals surface area (Å²) in [6.45, 7) is 0.870. The number of nitrogens with zero attached hydrogens (tertiary/aromatic N) is 5. The second-order valence-corrected chi connectivity index (χ2v) is 7.81. The van der Waals surface area contributed by atoms with E-state index in [1.807, 2.05) is 6.07 Å². The average Bonchev–Trinajstić information content (AvgIpc) is 3.16. The van der Waals surface area contributed by atoms with Crippen LogP contribution in [0.15, 0.2) is 36.7 Å². The minimum absolute atomic E-state index is 0.00514. The number of nitriles is 1. The first kappa shape index (κ1) is 21.5. The van der Waals surface area contributed by atoms with Crippen molar-refractivity contribution in [1.82, 2.24) is 20.2 Å². The van der Waals surface area contributed by atoms with Gasteiger partial charge in [-0.3, -0.25) is 9.69 Å². The molecule has 3 amide bonds. The third-order valence-corrected chi connectivity index (χ3v) is 5.66. The summed E-state index contributed by atoms with van der Waals surface area (Å²) in [7, 11) is 0. The smallest absolute Gasteiger partial charge is 0.325 e. The lowest BCUT2D eigenvalue weighted by molar-refractivity contribution is -0.122. The summed E-state index contributed by atoms with van der Waals surface area (Å²) >= 11 is 0. The molecule has 2 aliphatic rings. The maximum Gasteiger partial charge on any atom is 0.325 e. The molecule has 10 heteroatoms. The number of rotatable bonds is 6. The third-order valence-electron chi connectivity index (χ3n) is 5.66. The van der Waals surface area contributed by atoms with Crippen molar-refractivity contribution in [2.24, 2.45) is 0 Å². The second-order valence-electron chi connectivity index (χ2n) is 7.81. The zero-order valence-corrected chi connectivity index (χ0v) is 17.4. The Balaban J connectivity index is 1.23. The molecule has 32 heavy (non-hydrogen) atoms. The quantitative estimate of drug-likeness (QED) is 0.740. The molecule has 1 aliphatic heterocycles. The van der Waals surface area contributed by atoms with Gasteiger partial charge in [-0.15, -0.1) is 0 Å². The molecule has 2 heterocycles. The van der Waals surface area contributed by atoms with Crippen LogP contribution in [0.3, 0.4) is 0 Å². The van der Waals surface area contributed by atoms with Crippen LogP contribution in [0.4, 0.5) is 14.9 Å². The van der Waals surface area contributed by atoms with Crippen molar-refractivity contribution in [3.63, 3.8) is 0 Å². The Morgan fingerprint density at radius 3 is 2.59 bits per heavy atom. The van der Waals surface area contributed by atoms with Crippen LogP contribution in [0.5, 0.6) is 5.88 Å². The molecule has 0 atom stereocenters. The highest BCUT2D eigenvalue weighted by molar-refractivity contribution is 5.96. The van der Waals surface area contributed by atoms with E-state index in [2.05, 4.69) is 15.3 Å². The number of halogens is 1. The lowest BCUT2D eigenvalue weighted by Gasteiger charge is -2.29. The summed E-state index contributed by atoms with van der Waals surface area (Å²) in [6.07, 6.45) is 5.74. The largest absolute Gasteiger partial charge is 0.472 e. The lowest BCUT2D eigenvalue weighted by atomic mass is 9.93. The Hall–Kier alpha value is -3.74. The third kappa shape index (κ3) is 4.94. The molecule has 0 unspecified atom stereocenters. The SMILES string of the molecule is N#Cc1nccnc1OC1CCC(NC(=O)CN2CCN(c3ccc(F)cc3)C2=O)CC1. The van der Waals surface area contributed by atoms with E-state index in [-0.39, 0.29) is 48.0 Å². The minimum Gasteiger partial charge on any atom is -0.472 e. The highest BCUT2D eigenvalue weighted by atomic mass is 19.1. The van der Waals surface area contributed by atoms with Crippen molar-refractivity contribution in [3.8, 4) is 11.9 Å². The summed E-state index contributed by atoms with van der Waals surface area (Å²) < 4.78 is 18.9. The molecule has 0 radical (unpaired) electrons. The van der Waals surface area contributed by atoms with Gasteiger partial charge in [-0.2, -0.15) is 5.26 Å². The number of ether oxygens (including phenoxy) is 1. The summed E-state index contributed by atoms with van der Waals surface area (Å²) in [5, 5.41) is 12.1. The molecule has 2 fully saturated rings. The Kier molecular flexibility index (Phi) is 6.44. The molecule has 9 nitrogen and oxygen atoms in total. The summed E-state index contributed by atoms with van der Waals surface area (Å²) in [6, 6.07) is 7.43. The van der Waals surface area contributed by atoms with Gasteiger partial charge in [-0.1, -0.05) is 0 Å². The fourth-order valence-corrected chi connectivity index (χ4v) is 4.01. The molecule has 2 aromatic rings. The molecule has 1 saturated heterocycles. The van der Waals surface area contributed by atoms with E-state index in [0.717, 1.165) is 12.8 Å². The van der Waals surface area contributed by atoms with Crippen LogP contribution >= 0.6 is 0 Å². The number of hydrogen-bond donors (Lipinski definition) is 1. The van der Waals surface area contributed by atoms with Gasteiger partial charge in [-0.25, -0.2) is 19.2 Å². The molecule has 1 aliphatic carbocycles. The fraction of sp³-hybridized carbons (Fsp3) is 0.409. The number of urea groups is 1. The number of benzene rings is 1. The van der Waals surface area contributed by atoms with E-state index in [0.29, 0.717) is 31.6 Å². The van der Waals surface area contributed by atoms with Crippen LogP contribution in [-0.2, 0) is 4.79 Å². The van der Waals surface area contributed by atoms with Gasteiger partial charge in [0.2, 0.25) is 11.6 Å². The van der Waals surface area contributed by atoms with Gasteiger partial charge in [0.1, 0.15) is 24.5 Å². The Labute approximate surface area is 184 Å². The van der Waals surface area contributed by atoms with Gasteiger partial charge in [-0.05, 0) is 49.9 Å². The highest BCUT2D eigenvalue weighted by Crippen LogP contribution is 2.24. The van der Waals surface area contributed by atoms with Crippen molar-refractivity contribution in [2.45, 2.75) is 37.8 Å². The van der Waals surface area contributed by atoms with Crippen molar-refractivity contribution < 1.29 is 18.7 Å². The summed E-state index contributed by atoms with van der Waals surface area (Å²) in [5.41, 5.74) is 0.771. The van der Waals surface area contributed by atoms with Crippen LogP contribution in [0.2, 0.25) is 0 Å². The standard InChI is InChI=1S/C22H23FN6O3/c23-15-1-5-17(6-2-15)29-12-11-28(22(29)31)14-20(30)27-16-3-7-18(8-4-16)32-21-19(13-24)25-9-10-26-21/h1-2,5-6,9-10,16,18H,3-4,7-8,11-12,14H2,(H,27,30). The minimum atomic E-state index is -0.362. The maximum absolute atomic E-state index is 13.1. The first-order valence-corrected chi connectivity index (χ1v) is 10.5. The normalized spacial score (nSPS) is 20.7. The average molecular weight is 438 g/mol. The number of carbonyl (C=O) groups excluding carboxylic acids is 2. The molecule has 1 saturated carbocycles. The van der Waals surface area contributed by atoms with Crippen molar-refractivity contribution >= 4 is 17.6 Å². The highest BCUT2D eigenvalue weighted by Gasteiger charge is 2.32. The van der Waals surface area contributed by atoms with Gasteiger partial charge < -0.3 is 15.0 Å². The van der Waals surface area contributed by atoms with E-state index in [1.54, 1.807) is 12.1 Å². The Morgan fingerprint density at radius 2 is 1.88 bits per heavy atom. The topological polar surface area (TPSA) is 111 Å². The molecular formula is C22H23FN6O3. The zero-order valence-electron chi connectivity index (χ0n) is 17.4. The van der Waals surface area contributed by atoms with Crippen LogP contribution in [-0.4, -0.2) is 58.6 Å². The van der Waals surface area contributed by atoms with E-state index in [4.69, 9.17) is 10.00 Å². The van der Waals surface area contributed by atoms with Crippen LogP contribution in [0.1, 0.15) is 31.4 Å². The number of carbonyl (C=O) groups is 2. The van der Waals surface area contributed by atoms with Gasteiger partial charge in [0.25, 0.3) is 5.88 Å². The molecular weight excluding hydrogens is 415 g/mol. The van der Waals surface area contributed by atoms with E-state index < -0.39 is 0 Å². The van der Waals surface area contributed by atoms with Crippen molar-refractivity contribution in [2.75, 3.05) is 24.5 Å². The maximum atomic E-state index is 13.1. The molecule has 4 rings (SSSR count). The first-order valence-electron chi connectivity index (χ1n) is 10.5. The fourth-order valence-electron chi connectivity index (χ4n) is 4.01. The molecule has 0 spiro atoms. The number of nitrogens with one attached hydrogen (secondary N) is 1. The predicted molar refractivity (Wildman–Crippen MR) is 112 cm³/mol. The van der Waals surface area contributed by atoms with Gasteiger partial charge in [0.15, 0.2) is 0 Å². The zero-order chi connectivity index (χ0) is 22.5. The van der Waals surface area contributed by atoms with Crippen LogP contribution in [0, 0.1) is 17.1 Å². The first-order chi connectivity index (χ1) is 15.5.